The van der Waals surface area contributed by atoms with Crippen LogP contribution in [0.25, 0.3) is 11.3 Å². The monoisotopic (exact) mass is 187 g/mol. The van der Waals surface area contributed by atoms with Gasteiger partial charge in [-0.05, 0) is 12.5 Å². The van der Waals surface area contributed by atoms with Gasteiger partial charge in [0, 0.05) is 12.6 Å². The topological polar surface area (TPSA) is 43.8 Å². The lowest BCUT2D eigenvalue weighted by atomic mass is 10.1. The van der Waals surface area contributed by atoms with Gasteiger partial charge in [0.1, 0.15) is 11.5 Å². The lowest BCUT2D eigenvalue weighted by Crippen LogP contribution is -1.96. The third-order valence-electron chi connectivity index (χ3n) is 2.38. The summed E-state index contributed by atoms with van der Waals surface area (Å²) in [5.41, 5.74) is 9.07. The number of hydrogen-bond acceptors (Lipinski definition) is 2. The molecule has 0 aliphatic rings. The highest BCUT2D eigenvalue weighted by Gasteiger charge is 2.08. The largest absolute Gasteiger partial charge is 0.383 e. The van der Waals surface area contributed by atoms with Crippen LogP contribution in [0.1, 0.15) is 5.56 Å². The number of imidazole rings is 1. The van der Waals surface area contributed by atoms with Gasteiger partial charge in [0.25, 0.3) is 0 Å². The Kier molecular flexibility index (Phi) is 2.00. The molecule has 1 aromatic heterocycles. The van der Waals surface area contributed by atoms with E-state index in [-0.39, 0.29) is 0 Å². The van der Waals surface area contributed by atoms with Crippen LogP contribution < -0.4 is 5.73 Å². The van der Waals surface area contributed by atoms with Crippen molar-refractivity contribution in [1.29, 1.82) is 0 Å². The summed E-state index contributed by atoms with van der Waals surface area (Å²) in [4.78, 5) is 4.28. The fourth-order valence-corrected chi connectivity index (χ4v) is 1.49. The Bertz CT molecular complexity index is 457. The van der Waals surface area contributed by atoms with Crippen LogP contribution in [0.15, 0.2) is 30.6 Å². The summed E-state index contributed by atoms with van der Waals surface area (Å²) in [7, 11) is 1.89. The highest BCUT2D eigenvalue weighted by molar-refractivity contribution is 5.72. The zero-order valence-corrected chi connectivity index (χ0v) is 8.36. The van der Waals surface area contributed by atoms with Crippen molar-refractivity contribution in [3.63, 3.8) is 0 Å². The maximum atomic E-state index is 5.90. The number of nitrogens with zero attached hydrogens (tertiary/aromatic N) is 2. The van der Waals surface area contributed by atoms with Crippen LogP contribution in [0.2, 0.25) is 0 Å². The number of rotatable bonds is 1. The van der Waals surface area contributed by atoms with Gasteiger partial charge in [0.2, 0.25) is 0 Å². The van der Waals surface area contributed by atoms with Crippen LogP contribution in [0.4, 0.5) is 5.82 Å². The molecule has 72 valence electrons. The van der Waals surface area contributed by atoms with Crippen LogP contribution in [0.3, 0.4) is 0 Å². The molecule has 0 bridgehead atoms. The molecule has 3 nitrogen and oxygen atoms in total. The van der Waals surface area contributed by atoms with Gasteiger partial charge in [-0.1, -0.05) is 24.3 Å². The van der Waals surface area contributed by atoms with Gasteiger partial charge in [0.05, 0.1) is 6.33 Å². The van der Waals surface area contributed by atoms with Gasteiger partial charge in [-0.3, -0.25) is 0 Å². The highest BCUT2D eigenvalue weighted by atomic mass is 15.1. The molecule has 0 atom stereocenters. The van der Waals surface area contributed by atoms with E-state index in [4.69, 9.17) is 5.73 Å². The Morgan fingerprint density at radius 2 is 2.00 bits per heavy atom. The maximum absolute atomic E-state index is 5.90. The molecule has 1 aromatic carbocycles. The molecule has 2 rings (SSSR count). The first kappa shape index (κ1) is 8.81. The summed E-state index contributed by atoms with van der Waals surface area (Å²) in [5, 5.41) is 0. The molecule has 0 amide bonds. The first-order valence-corrected chi connectivity index (χ1v) is 4.53. The van der Waals surface area contributed by atoms with Crippen molar-refractivity contribution in [3.05, 3.63) is 36.2 Å². The van der Waals surface area contributed by atoms with E-state index in [1.165, 1.54) is 5.56 Å². The minimum atomic E-state index is 0.708. The van der Waals surface area contributed by atoms with E-state index in [0.29, 0.717) is 5.82 Å². The molecule has 0 fully saturated rings. The van der Waals surface area contributed by atoms with E-state index in [2.05, 4.69) is 18.0 Å². The Morgan fingerprint density at radius 1 is 1.29 bits per heavy atom. The number of nitrogens with two attached hydrogens (primary N) is 1. The quantitative estimate of drug-likeness (QED) is 0.741. The number of aryl methyl sites for hydroxylation is 2. The van der Waals surface area contributed by atoms with Gasteiger partial charge in [-0.2, -0.15) is 0 Å². The summed E-state index contributed by atoms with van der Waals surface area (Å²) in [5.74, 6) is 0.708. The summed E-state index contributed by atoms with van der Waals surface area (Å²) in [6, 6.07) is 8.10. The van der Waals surface area contributed by atoms with Crippen molar-refractivity contribution in [1.82, 2.24) is 9.55 Å². The minimum absolute atomic E-state index is 0.708. The fraction of sp³-hybridized carbons (Fsp3) is 0.182. The van der Waals surface area contributed by atoms with Crippen molar-refractivity contribution in [2.45, 2.75) is 6.92 Å². The van der Waals surface area contributed by atoms with Gasteiger partial charge in [-0.25, -0.2) is 4.98 Å². The molecular formula is C11H13N3. The smallest absolute Gasteiger partial charge is 0.131 e. The maximum Gasteiger partial charge on any atom is 0.131 e. The SMILES string of the molecule is Cc1ccccc1-c1ncn(C)c1N. The average molecular weight is 187 g/mol. The van der Waals surface area contributed by atoms with Crippen LogP contribution in [0, 0.1) is 6.92 Å². The van der Waals surface area contributed by atoms with Crippen molar-refractivity contribution >= 4 is 5.82 Å². The molecule has 1 heterocycles. The molecule has 2 aromatic rings. The predicted octanol–water partition coefficient (Wildman–Crippen LogP) is 1.98. The van der Waals surface area contributed by atoms with E-state index in [9.17, 15) is 0 Å². The molecule has 14 heavy (non-hydrogen) atoms. The number of aromatic nitrogens is 2. The molecule has 2 N–H and O–H groups in total. The third-order valence-corrected chi connectivity index (χ3v) is 2.38. The van der Waals surface area contributed by atoms with E-state index < -0.39 is 0 Å². The first-order chi connectivity index (χ1) is 6.70. The minimum Gasteiger partial charge on any atom is -0.383 e. The van der Waals surface area contributed by atoms with Crippen LogP contribution in [0.5, 0.6) is 0 Å². The van der Waals surface area contributed by atoms with Crippen LogP contribution in [-0.4, -0.2) is 9.55 Å². The first-order valence-electron chi connectivity index (χ1n) is 4.53. The molecule has 0 spiro atoms. The predicted molar refractivity (Wildman–Crippen MR) is 57.8 cm³/mol. The van der Waals surface area contributed by atoms with Crippen molar-refractivity contribution in [3.8, 4) is 11.3 Å². The zero-order chi connectivity index (χ0) is 10.1. The van der Waals surface area contributed by atoms with Crippen LogP contribution >= 0.6 is 0 Å². The molecule has 0 aliphatic heterocycles. The molecular weight excluding hydrogens is 174 g/mol. The molecule has 0 unspecified atom stereocenters. The Balaban J connectivity index is 2.60. The number of nitrogen functional groups attached to an aromatic ring is 1. The Labute approximate surface area is 83.2 Å². The summed E-state index contributed by atoms with van der Waals surface area (Å²) < 4.78 is 1.82. The molecule has 0 aliphatic carbocycles. The van der Waals surface area contributed by atoms with E-state index >= 15 is 0 Å². The summed E-state index contributed by atoms with van der Waals surface area (Å²) >= 11 is 0. The Hall–Kier alpha value is -1.77. The molecule has 0 radical (unpaired) electrons. The van der Waals surface area contributed by atoms with Gasteiger partial charge < -0.3 is 10.3 Å². The van der Waals surface area contributed by atoms with Gasteiger partial charge >= 0.3 is 0 Å². The lowest BCUT2D eigenvalue weighted by molar-refractivity contribution is 0.925. The van der Waals surface area contributed by atoms with E-state index in [1.54, 1.807) is 6.33 Å². The second-order valence-electron chi connectivity index (χ2n) is 3.40. The summed E-state index contributed by atoms with van der Waals surface area (Å²) in [6.07, 6.45) is 1.73. The third kappa shape index (κ3) is 1.27. The van der Waals surface area contributed by atoms with Gasteiger partial charge in [0.15, 0.2) is 0 Å². The Morgan fingerprint density at radius 3 is 2.57 bits per heavy atom. The second kappa shape index (κ2) is 3.18. The van der Waals surface area contributed by atoms with Crippen molar-refractivity contribution in [2.24, 2.45) is 7.05 Å². The van der Waals surface area contributed by atoms with E-state index in [1.807, 2.05) is 29.8 Å². The van der Waals surface area contributed by atoms with Crippen LogP contribution in [-0.2, 0) is 7.05 Å². The number of anilines is 1. The van der Waals surface area contributed by atoms with Gasteiger partial charge in [-0.15, -0.1) is 0 Å². The fourth-order valence-electron chi connectivity index (χ4n) is 1.49. The van der Waals surface area contributed by atoms with Crippen molar-refractivity contribution in [2.75, 3.05) is 5.73 Å². The number of benzene rings is 1. The number of hydrogen-bond donors (Lipinski definition) is 1. The highest BCUT2D eigenvalue weighted by Crippen LogP contribution is 2.26. The second-order valence-corrected chi connectivity index (χ2v) is 3.40. The molecule has 3 heteroatoms. The average Bonchev–Trinajstić information content (AvgIpc) is 2.49. The van der Waals surface area contributed by atoms with Crippen molar-refractivity contribution < 1.29 is 0 Å². The lowest BCUT2D eigenvalue weighted by Gasteiger charge is -2.03. The normalized spacial score (nSPS) is 10.4. The zero-order valence-electron chi connectivity index (χ0n) is 8.36. The molecule has 0 saturated heterocycles. The van der Waals surface area contributed by atoms with E-state index in [0.717, 1.165) is 11.3 Å². The summed E-state index contributed by atoms with van der Waals surface area (Å²) in [6.45, 7) is 2.06. The molecule has 0 saturated carbocycles. The standard InChI is InChI=1S/C11H13N3/c1-8-5-3-4-6-9(8)10-11(12)14(2)7-13-10/h3-7H,12H2,1-2H3.